The monoisotopic (exact) mass is 434 g/mol. The second-order valence-electron chi connectivity index (χ2n) is 6.02. The zero-order valence-electron chi connectivity index (χ0n) is 14.2. The lowest BCUT2D eigenvalue weighted by Gasteiger charge is -2.05. The number of halogens is 1. The number of sulfone groups is 1. The number of benzene rings is 1. The van der Waals surface area contributed by atoms with Crippen LogP contribution in [0.2, 0.25) is 0 Å². The van der Waals surface area contributed by atoms with Gasteiger partial charge in [0.25, 0.3) is 5.91 Å². The molecule has 0 unspecified atom stereocenters. The number of pyridine rings is 1. The minimum absolute atomic E-state index is 0.299. The van der Waals surface area contributed by atoms with Crippen molar-refractivity contribution in [3.05, 3.63) is 53.1 Å². The first-order chi connectivity index (χ1) is 13.2. The van der Waals surface area contributed by atoms with Crippen LogP contribution in [0.1, 0.15) is 5.76 Å². The van der Waals surface area contributed by atoms with Crippen LogP contribution in [0, 0.1) is 5.82 Å². The van der Waals surface area contributed by atoms with Gasteiger partial charge in [0.1, 0.15) is 26.4 Å². The highest BCUT2D eigenvalue weighted by Crippen LogP contribution is 2.33. The summed E-state index contributed by atoms with van der Waals surface area (Å²) in [6.45, 7) is 0. The molecule has 10 heteroatoms. The van der Waals surface area contributed by atoms with E-state index in [1.807, 2.05) is 0 Å². The molecule has 2 aromatic heterocycles. The number of nitrogens with one attached hydrogen (secondary N) is 1. The molecule has 1 fully saturated rings. The third-order valence-corrected chi connectivity index (χ3v) is 6.29. The molecule has 1 aliphatic heterocycles. The summed E-state index contributed by atoms with van der Waals surface area (Å²) in [5.41, 5.74) is 1.37. The SMILES string of the molecule is CS(=O)(=O)c1ccc(-c2cncc3cc(C=C4SC(=S)NC4=O)oc23)cc1F. The number of fused-ring (bicyclic) bond motifs is 1. The highest BCUT2D eigenvalue weighted by atomic mass is 32.2. The molecule has 0 saturated carbocycles. The van der Waals surface area contributed by atoms with Crippen LogP contribution >= 0.6 is 24.0 Å². The molecule has 1 saturated heterocycles. The van der Waals surface area contributed by atoms with Crippen molar-refractivity contribution in [1.29, 1.82) is 0 Å². The molecule has 1 N–H and O–H groups in total. The van der Waals surface area contributed by atoms with Crippen LogP contribution in [0.3, 0.4) is 0 Å². The van der Waals surface area contributed by atoms with Crippen LogP contribution in [-0.4, -0.2) is 29.9 Å². The van der Waals surface area contributed by atoms with Gasteiger partial charge < -0.3 is 9.73 Å². The predicted octanol–water partition coefficient (Wildman–Crippen LogP) is 3.53. The lowest BCUT2D eigenvalue weighted by atomic mass is 10.1. The minimum Gasteiger partial charge on any atom is -0.456 e. The second-order valence-corrected chi connectivity index (χ2v) is 9.73. The van der Waals surface area contributed by atoms with Gasteiger partial charge in [-0.15, -0.1) is 0 Å². The Bertz CT molecular complexity index is 1300. The number of amides is 1. The summed E-state index contributed by atoms with van der Waals surface area (Å²) >= 11 is 6.09. The first kappa shape index (κ1) is 18.8. The first-order valence-electron chi connectivity index (χ1n) is 7.85. The van der Waals surface area contributed by atoms with Gasteiger partial charge in [0.2, 0.25) is 0 Å². The molecular formula is C18H11FN2O4S3. The molecule has 1 aromatic carbocycles. The summed E-state index contributed by atoms with van der Waals surface area (Å²) in [5.74, 6) is -0.731. The van der Waals surface area contributed by atoms with Gasteiger partial charge in [-0.05, 0) is 23.8 Å². The van der Waals surface area contributed by atoms with Crippen molar-refractivity contribution in [2.24, 2.45) is 0 Å². The third-order valence-electron chi connectivity index (χ3n) is 4.00. The molecule has 142 valence electrons. The molecule has 4 rings (SSSR count). The number of nitrogens with zero attached hydrogens (tertiary/aromatic N) is 1. The number of thioether (sulfide) groups is 1. The zero-order valence-corrected chi connectivity index (χ0v) is 16.7. The fourth-order valence-electron chi connectivity index (χ4n) is 2.78. The molecule has 0 radical (unpaired) electrons. The molecule has 0 atom stereocenters. The standard InChI is InChI=1S/C18H11FN2O4S3/c1-28(23,24)15-3-2-9(5-13(15)19)12-8-20-7-10-4-11(25-16(10)12)6-14-17(22)21-18(26)27-14/h2-8H,1H3,(H,21,22,26). The van der Waals surface area contributed by atoms with Crippen molar-refractivity contribution in [3.8, 4) is 11.1 Å². The topological polar surface area (TPSA) is 89.3 Å². The van der Waals surface area contributed by atoms with Gasteiger partial charge in [-0.2, -0.15) is 0 Å². The van der Waals surface area contributed by atoms with E-state index in [2.05, 4.69) is 10.3 Å². The summed E-state index contributed by atoms with van der Waals surface area (Å²) in [4.78, 5) is 16.0. The predicted molar refractivity (Wildman–Crippen MR) is 109 cm³/mol. The molecular weight excluding hydrogens is 423 g/mol. The van der Waals surface area contributed by atoms with Crippen LogP contribution in [-0.2, 0) is 14.6 Å². The van der Waals surface area contributed by atoms with E-state index in [9.17, 15) is 17.6 Å². The average molecular weight is 434 g/mol. The molecule has 3 aromatic rings. The summed E-state index contributed by atoms with van der Waals surface area (Å²) in [6, 6.07) is 5.54. The molecule has 1 aliphatic rings. The van der Waals surface area contributed by atoms with Gasteiger partial charge in [-0.3, -0.25) is 9.78 Å². The number of carbonyl (C=O) groups is 1. The minimum atomic E-state index is -3.67. The van der Waals surface area contributed by atoms with Gasteiger partial charge in [0.15, 0.2) is 9.84 Å². The summed E-state index contributed by atoms with van der Waals surface area (Å²) in [5, 5.41) is 3.18. The number of furan rings is 1. The second kappa shape index (κ2) is 6.80. The maximum Gasteiger partial charge on any atom is 0.263 e. The molecule has 1 amide bonds. The average Bonchev–Trinajstić information content (AvgIpc) is 3.15. The zero-order chi connectivity index (χ0) is 20.1. The Labute approximate surface area is 168 Å². The Hall–Kier alpha value is -2.56. The van der Waals surface area contributed by atoms with E-state index in [4.69, 9.17) is 16.6 Å². The fraction of sp³-hybridized carbons (Fsp3) is 0.0556. The van der Waals surface area contributed by atoms with E-state index >= 15 is 0 Å². The lowest BCUT2D eigenvalue weighted by Crippen LogP contribution is -2.17. The quantitative estimate of drug-likeness (QED) is 0.498. The van der Waals surface area contributed by atoms with Gasteiger partial charge in [0, 0.05) is 35.7 Å². The van der Waals surface area contributed by atoms with Gasteiger partial charge >= 0.3 is 0 Å². The number of rotatable bonds is 3. The van der Waals surface area contributed by atoms with E-state index < -0.39 is 15.7 Å². The summed E-state index contributed by atoms with van der Waals surface area (Å²) in [6.07, 6.45) is 5.60. The van der Waals surface area contributed by atoms with Crippen molar-refractivity contribution >= 4 is 61.1 Å². The van der Waals surface area contributed by atoms with Crippen molar-refractivity contribution in [2.75, 3.05) is 6.26 Å². The summed E-state index contributed by atoms with van der Waals surface area (Å²) in [7, 11) is -3.67. The van der Waals surface area contributed by atoms with E-state index in [0.29, 0.717) is 37.1 Å². The Kier molecular flexibility index (Phi) is 4.56. The molecule has 6 nitrogen and oxygen atoms in total. The maximum atomic E-state index is 14.3. The Morgan fingerprint density at radius 2 is 2.07 bits per heavy atom. The Morgan fingerprint density at radius 3 is 2.71 bits per heavy atom. The number of carbonyl (C=O) groups excluding carboxylic acids is 1. The van der Waals surface area contributed by atoms with E-state index in [1.54, 1.807) is 18.3 Å². The normalized spacial score (nSPS) is 16.1. The van der Waals surface area contributed by atoms with E-state index in [-0.39, 0.29) is 10.8 Å². The molecule has 0 spiro atoms. The van der Waals surface area contributed by atoms with Crippen LogP contribution in [0.5, 0.6) is 0 Å². The fourth-order valence-corrected chi connectivity index (χ4v) is 4.53. The first-order valence-corrected chi connectivity index (χ1v) is 11.0. The lowest BCUT2D eigenvalue weighted by molar-refractivity contribution is -0.115. The van der Waals surface area contributed by atoms with Crippen LogP contribution in [0.15, 0.2) is 50.9 Å². The van der Waals surface area contributed by atoms with Gasteiger partial charge in [-0.25, -0.2) is 12.8 Å². The Balaban J connectivity index is 1.80. The highest BCUT2D eigenvalue weighted by Gasteiger charge is 2.23. The Morgan fingerprint density at radius 1 is 1.29 bits per heavy atom. The van der Waals surface area contributed by atoms with Crippen molar-refractivity contribution < 1.29 is 22.0 Å². The number of hydrogen-bond acceptors (Lipinski definition) is 7. The smallest absolute Gasteiger partial charge is 0.263 e. The van der Waals surface area contributed by atoms with Gasteiger partial charge in [-0.1, -0.05) is 30.0 Å². The van der Waals surface area contributed by atoms with Crippen molar-refractivity contribution in [2.45, 2.75) is 4.90 Å². The number of hydrogen-bond donors (Lipinski definition) is 1. The highest BCUT2D eigenvalue weighted by molar-refractivity contribution is 8.26. The number of thiocarbonyl (C=S) groups is 1. The molecule has 0 aliphatic carbocycles. The van der Waals surface area contributed by atoms with E-state index in [0.717, 1.165) is 24.1 Å². The molecule has 3 heterocycles. The van der Waals surface area contributed by atoms with Crippen molar-refractivity contribution in [3.63, 3.8) is 0 Å². The van der Waals surface area contributed by atoms with Crippen molar-refractivity contribution in [1.82, 2.24) is 10.3 Å². The molecule has 28 heavy (non-hydrogen) atoms. The third kappa shape index (κ3) is 3.46. The maximum absolute atomic E-state index is 14.3. The summed E-state index contributed by atoms with van der Waals surface area (Å²) < 4.78 is 43.7. The van der Waals surface area contributed by atoms with Crippen LogP contribution in [0.4, 0.5) is 4.39 Å². The van der Waals surface area contributed by atoms with Crippen LogP contribution < -0.4 is 5.32 Å². The van der Waals surface area contributed by atoms with E-state index in [1.165, 1.54) is 18.3 Å². The van der Waals surface area contributed by atoms with Crippen LogP contribution in [0.25, 0.3) is 28.2 Å². The number of aromatic nitrogens is 1. The molecule has 0 bridgehead atoms. The van der Waals surface area contributed by atoms with Gasteiger partial charge in [0.05, 0.1) is 4.91 Å². The largest absolute Gasteiger partial charge is 0.456 e.